The molecule has 1 N–H and O–H groups in total. The predicted molar refractivity (Wildman–Crippen MR) is 110 cm³/mol. The molecule has 1 saturated heterocycles. The molecule has 0 aromatic heterocycles. The highest BCUT2D eigenvalue weighted by molar-refractivity contribution is 5.94. The smallest absolute Gasteiger partial charge is 0.263 e. The Balaban J connectivity index is 1.74. The topological polar surface area (TPSA) is 58.6 Å². The monoisotopic (exact) mass is 380 g/mol. The molecule has 1 heterocycles. The lowest BCUT2D eigenvalue weighted by Gasteiger charge is -2.38. The molecule has 3 rings (SSSR count). The van der Waals surface area contributed by atoms with Gasteiger partial charge in [-0.25, -0.2) is 0 Å². The molecule has 1 fully saturated rings. The third-order valence-electron chi connectivity index (χ3n) is 5.20. The normalized spacial score (nSPS) is 17.8. The van der Waals surface area contributed by atoms with E-state index in [1.807, 2.05) is 4.90 Å². The summed E-state index contributed by atoms with van der Waals surface area (Å²) in [5.74, 6) is 0.467. The molecule has 2 aromatic rings. The summed E-state index contributed by atoms with van der Waals surface area (Å²) in [6, 6.07) is 15.4. The van der Waals surface area contributed by atoms with E-state index in [9.17, 15) is 9.59 Å². The van der Waals surface area contributed by atoms with Crippen molar-refractivity contribution in [1.29, 1.82) is 0 Å². The Kier molecular flexibility index (Phi) is 6.47. The van der Waals surface area contributed by atoms with E-state index in [-0.39, 0.29) is 17.7 Å². The van der Waals surface area contributed by atoms with Crippen LogP contribution in [0.5, 0.6) is 5.75 Å². The summed E-state index contributed by atoms with van der Waals surface area (Å²) in [5.41, 5.74) is 2.99. The number of hydrogen-bond acceptors (Lipinski definition) is 4. The molecule has 5 heteroatoms. The second kappa shape index (κ2) is 9.02. The first-order valence-electron chi connectivity index (χ1n) is 9.87. The van der Waals surface area contributed by atoms with Crippen molar-refractivity contribution in [2.24, 2.45) is 0 Å². The minimum Gasteiger partial charge on any atom is -0.481 e. The molecule has 0 spiro atoms. The number of hydrogen-bond donors (Lipinski definition) is 1. The third kappa shape index (κ3) is 4.60. The van der Waals surface area contributed by atoms with Gasteiger partial charge in [0.25, 0.3) is 5.91 Å². The number of ether oxygens (including phenoxy) is 1. The molecule has 2 atom stereocenters. The van der Waals surface area contributed by atoms with Crippen LogP contribution in [-0.4, -0.2) is 42.3 Å². The van der Waals surface area contributed by atoms with Crippen LogP contribution in [0.2, 0.25) is 0 Å². The van der Waals surface area contributed by atoms with Gasteiger partial charge in [-0.05, 0) is 43.5 Å². The molecule has 0 aliphatic carbocycles. The zero-order valence-corrected chi connectivity index (χ0v) is 16.8. The summed E-state index contributed by atoms with van der Waals surface area (Å²) >= 11 is 0. The Morgan fingerprint density at radius 3 is 2.64 bits per heavy atom. The van der Waals surface area contributed by atoms with Gasteiger partial charge in [-0.15, -0.1) is 0 Å². The summed E-state index contributed by atoms with van der Waals surface area (Å²) in [7, 11) is 0. The maximum Gasteiger partial charge on any atom is 0.263 e. The van der Waals surface area contributed by atoms with Crippen LogP contribution in [0.1, 0.15) is 48.3 Å². The van der Waals surface area contributed by atoms with Crippen LogP contribution in [0.25, 0.3) is 0 Å². The number of nitrogens with zero attached hydrogens (tertiary/aromatic N) is 1. The first-order valence-corrected chi connectivity index (χ1v) is 9.87. The van der Waals surface area contributed by atoms with Crippen molar-refractivity contribution in [3.8, 4) is 5.75 Å². The van der Waals surface area contributed by atoms with Crippen molar-refractivity contribution in [1.82, 2.24) is 10.2 Å². The Morgan fingerprint density at radius 1 is 1.21 bits per heavy atom. The Bertz CT molecular complexity index is 832. The van der Waals surface area contributed by atoms with Crippen molar-refractivity contribution in [2.75, 3.05) is 19.6 Å². The van der Waals surface area contributed by atoms with Crippen molar-refractivity contribution in [3.05, 3.63) is 65.2 Å². The van der Waals surface area contributed by atoms with Crippen LogP contribution in [-0.2, 0) is 11.2 Å². The number of carbonyl (C=O) groups is 2. The fourth-order valence-electron chi connectivity index (χ4n) is 3.52. The number of nitrogens with one attached hydrogen (secondary N) is 1. The minimum absolute atomic E-state index is 0.0123. The van der Waals surface area contributed by atoms with Crippen LogP contribution < -0.4 is 10.1 Å². The number of ketones is 1. The summed E-state index contributed by atoms with van der Waals surface area (Å²) in [4.78, 5) is 26.6. The van der Waals surface area contributed by atoms with Crippen LogP contribution >= 0.6 is 0 Å². The van der Waals surface area contributed by atoms with Gasteiger partial charge in [-0.2, -0.15) is 0 Å². The van der Waals surface area contributed by atoms with E-state index in [1.165, 1.54) is 12.5 Å². The molecular weight excluding hydrogens is 352 g/mol. The van der Waals surface area contributed by atoms with Crippen molar-refractivity contribution < 1.29 is 14.3 Å². The average Bonchev–Trinajstić information content (AvgIpc) is 2.73. The van der Waals surface area contributed by atoms with E-state index >= 15 is 0 Å². The molecule has 1 aliphatic rings. The molecule has 2 aromatic carbocycles. The summed E-state index contributed by atoms with van der Waals surface area (Å²) in [6.07, 6.45) is 0.369. The second-order valence-electron chi connectivity index (χ2n) is 7.19. The van der Waals surface area contributed by atoms with Gasteiger partial charge in [-0.3, -0.25) is 9.59 Å². The molecular formula is C23H28N2O3. The molecule has 0 saturated carbocycles. The lowest BCUT2D eigenvalue weighted by molar-refractivity contribution is -0.141. The first-order chi connectivity index (χ1) is 13.5. The van der Waals surface area contributed by atoms with E-state index in [2.05, 4.69) is 36.5 Å². The maximum absolute atomic E-state index is 13.1. The zero-order chi connectivity index (χ0) is 20.1. The van der Waals surface area contributed by atoms with Crippen molar-refractivity contribution >= 4 is 11.7 Å². The molecule has 0 radical (unpaired) electrons. The summed E-state index contributed by atoms with van der Waals surface area (Å²) < 4.78 is 5.88. The third-order valence-corrected chi connectivity index (χ3v) is 5.20. The molecule has 1 aliphatic heterocycles. The van der Waals surface area contributed by atoms with Gasteiger partial charge in [-0.1, -0.05) is 43.3 Å². The highest BCUT2D eigenvalue weighted by atomic mass is 16.5. The summed E-state index contributed by atoms with van der Waals surface area (Å²) in [6.45, 7) is 7.55. The van der Waals surface area contributed by atoms with Crippen LogP contribution in [0, 0.1) is 0 Å². The molecule has 148 valence electrons. The van der Waals surface area contributed by atoms with Gasteiger partial charge >= 0.3 is 0 Å². The largest absolute Gasteiger partial charge is 0.481 e. The van der Waals surface area contributed by atoms with E-state index in [4.69, 9.17) is 4.74 Å². The van der Waals surface area contributed by atoms with E-state index < -0.39 is 6.10 Å². The molecule has 5 nitrogen and oxygen atoms in total. The molecule has 28 heavy (non-hydrogen) atoms. The second-order valence-corrected chi connectivity index (χ2v) is 7.19. The Hall–Kier alpha value is -2.66. The summed E-state index contributed by atoms with van der Waals surface area (Å²) in [5, 5.41) is 3.38. The van der Waals surface area contributed by atoms with Gasteiger partial charge in [0.15, 0.2) is 11.9 Å². The number of aryl methyl sites for hydroxylation is 1. The highest BCUT2D eigenvalue weighted by Gasteiger charge is 2.31. The average molecular weight is 380 g/mol. The lowest BCUT2D eigenvalue weighted by Crippen LogP contribution is -2.52. The van der Waals surface area contributed by atoms with Crippen LogP contribution in [0.4, 0.5) is 0 Å². The van der Waals surface area contributed by atoms with Gasteiger partial charge < -0.3 is 15.0 Å². The highest BCUT2D eigenvalue weighted by Crippen LogP contribution is 2.25. The predicted octanol–water partition coefficient (Wildman–Crippen LogP) is 3.39. The molecule has 1 amide bonds. The number of piperazine rings is 1. The van der Waals surface area contributed by atoms with Crippen molar-refractivity contribution in [3.63, 3.8) is 0 Å². The Morgan fingerprint density at radius 2 is 1.96 bits per heavy atom. The first kappa shape index (κ1) is 20.1. The number of Topliss-reactive ketones (excluding diaryl/α,β-unsaturated/α-hetero) is 1. The van der Waals surface area contributed by atoms with Crippen LogP contribution in [0.15, 0.2) is 48.5 Å². The SMILES string of the molecule is CCc1ccc(C2CNCCN2C(=O)C(C)Oc2cccc(C(C)=O)c2)cc1. The van der Waals surface area contributed by atoms with Gasteiger partial charge in [0.05, 0.1) is 6.04 Å². The number of benzene rings is 2. The quantitative estimate of drug-likeness (QED) is 0.781. The van der Waals surface area contributed by atoms with E-state index in [1.54, 1.807) is 31.2 Å². The maximum atomic E-state index is 13.1. The van der Waals surface area contributed by atoms with Crippen LogP contribution in [0.3, 0.4) is 0 Å². The standard InChI is InChI=1S/C23H28N2O3/c1-4-18-8-10-19(11-9-18)22-15-24-12-13-25(22)23(27)17(3)28-21-7-5-6-20(14-21)16(2)26/h5-11,14,17,22,24H,4,12-13,15H2,1-3H3. The lowest BCUT2D eigenvalue weighted by atomic mass is 10.0. The minimum atomic E-state index is -0.627. The van der Waals surface area contributed by atoms with E-state index in [0.717, 1.165) is 25.1 Å². The zero-order valence-electron chi connectivity index (χ0n) is 16.8. The number of rotatable bonds is 6. The molecule has 0 bridgehead atoms. The Labute approximate surface area is 166 Å². The van der Waals surface area contributed by atoms with Gasteiger partial charge in [0.1, 0.15) is 5.75 Å². The van der Waals surface area contributed by atoms with Gasteiger partial charge in [0.2, 0.25) is 0 Å². The van der Waals surface area contributed by atoms with Gasteiger partial charge in [0, 0.05) is 25.2 Å². The van der Waals surface area contributed by atoms with Crippen molar-refractivity contribution in [2.45, 2.75) is 39.3 Å². The number of carbonyl (C=O) groups excluding carboxylic acids is 2. The number of amides is 1. The van der Waals surface area contributed by atoms with E-state index in [0.29, 0.717) is 17.9 Å². The molecule has 2 unspecified atom stereocenters. The fraction of sp³-hybridized carbons (Fsp3) is 0.391. The fourth-order valence-corrected chi connectivity index (χ4v) is 3.52.